The maximum absolute atomic E-state index is 5.96. The molecule has 1 aliphatic carbocycles. The van der Waals surface area contributed by atoms with Gasteiger partial charge in [-0.25, -0.2) is 0 Å². The van der Waals surface area contributed by atoms with E-state index >= 15 is 0 Å². The van der Waals surface area contributed by atoms with Crippen LogP contribution < -0.4 is 5.73 Å². The molecule has 29 heavy (non-hydrogen) atoms. The molecule has 0 spiro atoms. The smallest absolute Gasteiger partial charge is 0.0317 e. The van der Waals surface area contributed by atoms with Gasteiger partial charge in [0.15, 0.2) is 0 Å². The molecule has 1 aliphatic heterocycles. The topological polar surface area (TPSA) is 29.3 Å². The molecule has 0 unspecified atom stereocenters. The van der Waals surface area contributed by atoms with Crippen molar-refractivity contribution in [1.29, 1.82) is 0 Å². The fourth-order valence-electron chi connectivity index (χ4n) is 4.63. The highest BCUT2D eigenvalue weighted by atomic mass is 15.1. The first kappa shape index (κ1) is 18.0. The Balaban J connectivity index is 1.47. The summed E-state index contributed by atoms with van der Waals surface area (Å²) in [5, 5.41) is 0. The summed E-state index contributed by atoms with van der Waals surface area (Å²) >= 11 is 0. The van der Waals surface area contributed by atoms with Gasteiger partial charge in [-0.2, -0.15) is 0 Å². The zero-order valence-corrected chi connectivity index (χ0v) is 16.6. The molecule has 0 radical (unpaired) electrons. The molecule has 5 rings (SSSR count). The van der Waals surface area contributed by atoms with Crippen LogP contribution >= 0.6 is 0 Å². The first-order valence-corrected chi connectivity index (χ1v) is 10.4. The zero-order chi connectivity index (χ0) is 19.6. The Kier molecular flexibility index (Phi) is 4.79. The quantitative estimate of drug-likeness (QED) is 0.443. The van der Waals surface area contributed by atoms with Gasteiger partial charge in [0, 0.05) is 25.3 Å². The van der Waals surface area contributed by atoms with E-state index in [2.05, 4.69) is 83.8 Å². The second-order valence-electron chi connectivity index (χ2n) is 8.01. The van der Waals surface area contributed by atoms with E-state index in [9.17, 15) is 0 Å². The molecule has 144 valence electrons. The van der Waals surface area contributed by atoms with E-state index in [0.29, 0.717) is 0 Å². The lowest BCUT2D eigenvalue weighted by molar-refractivity contribution is 0.248. The SMILES string of the molecule is Nc1cccc(CN2CCC(=C3c4ccccc4C=Cc4ccccc43)CC2)c1. The maximum Gasteiger partial charge on any atom is 0.0317 e. The Morgan fingerprint density at radius 1 is 0.724 bits per heavy atom. The average Bonchev–Trinajstić information content (AvgIpc) is 2.91. The van der Waals surface area contributed by atoms with Crippen molar-refractivity contribution in [3.63, 3.8) is 0 Å². The van der Waals surface area contributed by atoms with Gasteiger partial charge in [-0.3, -0.25) is 4.90 Å². The molecule has 0 atom stereocenters. The lowest BCUT2D eigenvalue weighted by atomic mass is 9.86. The summed E-state index contributed by atoms with van der Waals surface area (Å²) in [5.74, 6) is 0. The minimum absolute atomic E-state index is 0.849. The number of hydrogen-bond donors (Lipinski definition) is 1. The fourth-order valence-corrected chi connectivity index (χ4v) is 4.63. The number of rotatable bonds is 2. The molecule has 1 fully saturated rings. The summed E-state index contributed by atoms with van der Waals surface area (Å²) < 4.78 is 0. The molecule has 0 amide bonds. The average molecular weight is 379 g/mol. The number of fused-ring (bicyclic) bond motifs is 2. The molecule has 0 bridgehead atoms. The standard InChI is InChI=1S/C27H26N2/c28-24-9-5-6-20(18-24)19-29-16-14-23(15-17-29)27-25-10-3-1-7-21(25)12-13-22-8-2-4-11-26(22)27/h1-13,18H,14-17,19,28H2. The third-order valence-electron chi connectivity index (χ3n) is 6.07. The van der Waals surface area contributed by atoms with Crippen LogP contribution in [0.25, 0.3) is 17.7 Å². The number of nitrogens with two attached hydrogens (primary N) is 1. The minimum atomic E-state index is 0.849. The van der Waals surface area contributed by atoms with E-state index in [0.717, 1.165) is 38.2 Å². The predicted molar refractivity (Wildman–Crippen MR) is 123 cm³/mol. The lowest BCUT2D eigenvalue weighted by Crippen LogP contribution is -2.30. The Labute approximate surface area is 173 Å². The van der Waals surface area contributed by atoms with Gasteiger partial charge < -0.3 is 5.73 Å². The van der Waals surface area contributed by atoms with Crippen LogP contribution in [0.15, 0.2) is 78.4 Å². The zero-order valence-electron chi connectivity index (χ0n) is 16.6. The molecule has 2 aliphatic rings. The Morgan fingerprint density at radius 2 is 1.34 bits per heavy atom. The van der Waals surface area contributed by atoms with Gasteiger partial charge in [0.1, 0.15) is 0 Å². The summed E-state index contributed by atoms with van der Waals surface area (Å²) in [5.41, 5.74) is 16.5. The molecule has 3 aromatic rings. The Hall–Kier alpha value is -3.10. The van der Waals surface area contributed by atoms with Crippen LogP contribution in [0.2, 0.25) is 0 Å². The third kappa shape index (κ3) is 3.64. The van der Waals surface area contributed by atoms with E-state index in [1.807, 2.05) is 6.07 Å². The highest BCUT2D eigenvalue weighted by molar-refractivity contribution is 5.94. The van der Waals surface area contributed by atoms with E-state index in [4.69, 9.17) is 5.73 Å². The molecule has 2 nitrogen and oxygen atoms in total. The number of anilines is 1. The second-order valence-corrected chi connectivity index (χ2v) is 8.01. The van der Waals surface area contributed by atoms with Crippen LogP contribution in [0.4, 0.5) is 5.69 Å². The normalized spacial score (nSPS) is 16.3. The molecular formula is C27H26N2. The third-order valence-corrected chi connectivity index (χ3v) is 6.07. The number of hydrogen-bond acceptors (Lipinski definition) is 2. The predicted octanol–water partition coefficient (Wildman–Crippen LogP) is 5.85. The van der Waals surface area contributed by atoms with Gasteiger partial charge in [0.05, 0.1) is 0 Å². The van der Waals surface area contributed by atoms with Gasteiger partial charge in [-0.15, -0.1) is 0 Å². The van der Waals surface area contributed by atoms with Gasteiger partial charge >= 0.3 is 0 Å². The van der Waals surface area contributed by atoms with Crippen molar-refractivity contribution in [2.24, 2.45) is 0 Å². The maximum atomic E-state index is 5.96. The minimum Gasteiger partial charge on any atom is -0.399 e. The molecular weight excluding hydrogens is 352 g/mol. The van der Waals surface area contributed by atoms with E-state index in [1.165, 1.54) is 33.4 Å². The molecule has 2 N–H and O–H groups in total. The van der Waals surface area contributed by atoms with Crippen molar-refractivity contribution < 1.29 is 0 Å². The van der Waals surface area contributed by atoms with Crippen molar-refractivity contribution in [2.75, 3.05) is 18.8 Å². The number of nitrogens with zero attached hydrogens (tertiary/aromatic N) is 1. The summed E-state index contributed by atoms with van der Waals surface area (Å²) in [6.45, 7) is 3.15. The highest BCUT2D eigenvalue weighted by Gasteiger charge is 2.22. The van der Waals surface area contributed by atoms with Crippen LogP contribution in [-0.2, 0) is 6.54 Å². The summed E-state index contributed by atoms with van der Waals surface area (Å²) in [6.07, 6.45) is 6.74. The Morgan fingerprint density at radius 3 is 1.97 bits per heavy atom. The number of nitrogen functional groups attached to an aromatic ring is 1. The number of likely N-dealkylation sites (tertiary alicyclic amines) is 1. The van der Waals surface area contributed by atoms with Crippen LogP contribution in [0.5, 0.6) is 0 Å². The lowest BCUT2D eigenvalue weighted by Gasteiger charge is -2.30. The van der Waals surface area contributed by atoms with Crippen LogP contribution in [0.1, 0.15) is 40.7 Å². The first-order valence-electron chi connectivity index (χ1n) is 10.4. The molecule has 0 aromatic heterocycles. The summed E-state index contributed by atoms with van der Waals surface area (Å²) in [6, 6.07) is 25.9. The van der Waals surface area contributed by atoms with Gasteiger partial charge in [-0.05, 0) is 58.4 Å². The van der Waals surface area contributed by atoms with Gasteiger partial charge in [-0.1, -0.05) is 78.4 Å². The van der Waals surface area contributed by atoms with Crippen LogP contribution in [0, 0.1) is 0 Å². The second kappa shape index (κ2) is 7.73. The monoisotopic (exact) mass is 378 g/mol. The summed E-state index contributed by atoms with van der Waals surface area (Å²) in [4.78, 5) is 2.55. The van der Waals surface area contributed by atoms with Crippen molar-refractivity contribution in [3.8, 4) is 0 Å². The molecule has 3 aromatic carbocycles. The van der Waals surface area contributed by atoms with Crippen LogP contribution in [0.3, 0.4) is 0 Å². The van der Waals surface area contributed by atoms with Crippen molar-refractivity contribution in [1.82, 2.24) is 4.90 Å². The summed E-state index contributed by atoms with van der Waals surface area (Å²) in [7, 11) is 0. The van der Waals surface area contributed by atoms with E-state index in [-0.39, 0.29) is 0 Å². The van der Waals surface area contributed by atoms with Gasteiger partial charge in [0.2, 0.25) is 0 Å². The molecule has 1 saturated heterocycles. The fraction of sp³-hybridized carbons (Fsp3) is 0.185. The molecule has 0 saturated carbocycles. The van der Waals surface area contributed by atoms with Crippen LogP contribution in [-0.4, -0.2) is 18.0 Å². The number of benzene rings is 3. The largest absolute Gasteiger partial charge is 0.399 e. The van der Waals surface area contributed by atoms with Gasteiger partial charge in [0.25, 0.3) is 0 Å². The molecule has 1 heterocycles. The first-order chi connectivity index (χ1) is 14.3. The number of piperidine rings is 1. The van der Waals surface area contributed by atoms with E-state index in [1.54, 1.807) is 5.57 Å². The van der Waals surface area contributed by atoms with Crippen molar-refractivity contribution in [2.45, 2.75) is 19.4 Å². The van der Waals surface area contributed by atoms with E-state index < -0.39 is 0 Å². The molecule has 2 heteroatoms. The Bertz CT molecular complexity index is 1050. The van der Waals surface area contributed by atoms with Crippen molar-refractivity contribution >= 4 is 23.4 Å². The van der Waals surface area contributed by atoms with Crippen molar-refractivity contribution in [3.05, 3.63) is 106 Å². The highest BCUT2D eigenvalue weighted by Crippen LogP contribution is 2.38.